The number of hydrogen-bond acceptors (Lipinski definition) is 3. The largest absolute Gasteiger partial charge is 0.366 e. The lowest BCUT2D eigenvalue weighted by Crippen LogP contribution is -2.18. The molecule has 0 unspecified atom stereocenters. The van der Waals surface area contributed by atoms with Crippen molar-refractivity contribution in [1.82, 2.24) is 4.98 Å². The van der Waals surface area contributed by atoms with Crippen molar-refractivity contribution in [2.45, 2.75) is 19.8 Å². The molecule has 0 aromatic carbocycles. The monoisotopic (exact) mass is 207 g/mol. The maximum Gasteiger partial charge on any atom is 0.250 e. The third-order valence-corrected chi connectivity index (χ3v) is 1.84. The van der Waals surface area contributed by atoms with E-state index in [1.807, 2.05) is 6.92 Å². The number of primary amides is 1. The molecule has 80 valence electrons. The van der Waals surface area contributed by atoms with E-state index in [0.717, 1.165) is 6.42 Å². The average Bonchev–Trinajstić information content (AvgIpc) is 2.18. The molecule has 0 saturated heterocycles. The van der Waals surface area contributed by atoms with E-state index in [9.17, 15) is 9.59 Å². The predicted octanol–water partition coefficient (Wildman–Crippen LogP) is 0.919. The number of nitrogens with one attached hydrogen (secondary N) is 1. The van der Waals surface area contributed by atoms with Gasteiger partial charge in [-0.2, -0.15) is 0 Å². The van der Waals surface area contributed by atoms with Gasteiger partial charge in [0.1, 0.15) is 0 Å². The van der Waals surface area contributed by atoms with Crippen LogP contribution in [0.5, 0.6) is 0 Å². The van der Waals surface area contributed by atoms with Gasteiger partial charge in [0.05, 0.1) is 17.4 Å². The van der Waals surface area contributed by atoms with E-state index >= 15 is 0 Å². The number of carbonyl (C=O) groups excluding carboxylic acids is 2. The van der Waals surface area contributed by atoms with Gasteiger partial charge in [-0.15, -0.1) is 0 Å². The molecule has 15 heavy (non-hydrogen) atoms. The molecule has 0 radical (unpaired) electrons. The number of rotatable bonds is 4. The van der Waals surface area contributed by atoms with Crippen LogP contribution in [0.2, 0.25) is 0 Å². The Morgan fingerprint density at radius 3 is 2.87 bits per heavy atom. The fourth-order valence-corrected chi connectivity index (χ4v) is 1.15. The summed E-state index contributed by atoms with van der Waals surface area (Å²) in [6.07, 6.45) is 4.02. The minimum Gasteiger partial charge on any atom is -0.366 e. The smallest absolute Gasteiger partial charge is 0.250 e. The van der Waals surface area contributed by atoms with Crippen molar-refractivity contribution < 1.29 is 9.59 Å². The van der Waals surface area contributed by atoms with Crippen LogP contribution < -0.4 is 11.1 Å². The van der Waals surface area contributed by atoms with Gasteiger partial charge >= 0.3 is 0 Å². The van der Waals surface area contributed by atoms with Crippen LogP contribution >= 0.6 is 0 Å². The predicted molar refractivity (Wildman–Crippen MR) is 56.3 cm³/mol. The molecule has 0 bridgehead atoms. The van der Waals surface area contributed by atoms with Gasteiger partial charge in [-0.05, 0) is 12.5 Å². The van der Waals surface area contributed by atoms with Crippen LogP contribution in [0, 0.1) is 0 Å². The summed E-state index contributed by atoms with van der Waals surface area (Å²) in [6.45, 7) is 1.90. The fraction of sp³-hybridized carbons (Fsp3) is 0.300. The van der Waals surface area contributed by atoms with E-state index in [1.165, 1.54) is 18.5 Å². The third-order valence-electron chi connectivity index (χ3n) is 1.84. The summed E-state index contributed by atoms with van der Waals surface area (Å²) in [5.74, 6) is -0.725. The van der Waals surface area contributed by atoms with Crippen molar-refractivity contribution >= 4 is 17.5 Å². The van der Waals surface area contributed by atoms with Crippen molar-refractivity contribution in [1.29, 1.82) is 0 Å². The molecule has 0 aliphatic carbocycles. The molecule has 0 aliphatic rings. The zero-order chi connectivity index (χ0) is 11.3. The highest BCUT2D eigenvalue weighted by atomic mass is 16.2. The Kier molecular flexibility index (Phi) is 3.79. The normalized spacial score (nSPS) is 9.67. The van der Waals surface area contributed by atoms with Crippen molar-refractivity contribution in [2.24, 2.45) is 5.73 Å². The number of hydrogen-bond donors (Lipinski definition) is 2. The van der Waals surface area contributed by atoms with E-state index in [-0.39, 0.29) is 11.5 Å². The van der Waals surface area contributed by atoms with Crippen molar-refractivity contribution in [2.75, 3.05) is 5.32 Å². The van der Waals surface area contributed by atoms with Gasteiger partial charge in [0.2, 0.25) is 5.91 Å². The molecule has 1 heterocycles. The van der Waals surface area contributed by atoms with Gasteiger partial charge in [0.25, 0.3) is 5.91 Å². The molecular weight excluding hydrogens is 194 g/mol. The summed E-state index contributed by atoms with van der Waals surface area (Å²) in [5.41, 5.74) is 5.78. The molecule has 5 heteroatoms. The lowest BCUT2D eigenvalue weighted by atomic mass is 10.2. The first kappa shape index (κ1) is 11.2. The molecule has 0 atom stereocenters. The number of carbonyl (C=O) groups is 2. The summed E-state index contributed by atoms with van der Waals surface area (Å²) in [7, 11) is 0. The second kappa shape index (κ2) is 5.09. The Morgan fingerprint density at radius 2 is 2.27 bits per heavy atom. The Balaban J connectivity index is 2.84. The third kappa shape index (κ3) is 3.05. The van der Waals surface area contributed by atoms with Crippen LogP contribution in [-0.4, -0.2) is 16.8 Å². The highest BCUT2D eigenvalue weighted by Gasteiger charge is 2.09. The Hall–Kier alpha value is -1.91. The summed E-state index contributed by atoms with van der Waals surface area (Å²) in [4.78, 5) is 26.1. The summed E-state index contributed by atoms with van der Waals surface area (Å²) >= 11 is 0. The molecule has 1 aromatic rings. The molecule has 5 nitrogen and oxygen atoms in total. The first-order valence-corrected chi connectivity index (χ1v) is 4.68. The van der Waals surface area contributed by atoms with E-state index in [0.29, 0.717) is 12.1 Å². The van der Waals surface area contributed by atoms with Crippen LogP contribution in [0.1, 0.15) is 30.1 Å². The van der Waals surface area contributed by atoms with Crippen molar-refractivity contribution in [3.05, 3.63) is 24.0 Å². The molecule has 1 rings (SSSR count). The maximum atomic E-state index is 11.3. The van der Waals surface area contributed by atoms with E-state index in [1.54, 1.807) is 0 Å². The highest BCUT2D eigenvalue weighted by Crippen LogP contribution is 2.12. The van der Waals surface area contributed by atoms with Gasteiger partial charge in [-0.3, -0.25) is 14.6 Å². The lowest BCUT2D eigenvalue weighted by molar-refractivity contribution is -0.116. The fourth-order valence-electron chi connectivity index (χ4n) is 1.15. The second-order valence-corrected chi connectivity index (χ2v) is 3.08. The SMILES string of the molecule is CCCC(=O)Nc1cnccc1C(N)=O. The van der Waals surface area contributed by atoms with Gasteiger partial charge in [-0.1, -0.05) is 6.92 Å². The number of pyridine rings is 1. The number of nitrogens with zero attached hydrogens (tertiary/aromatic N) is 1. The van der Waals surface area contributed by atoms with Crippen LogP contribution in [0.25, 0.3) is 0 Å². The van der Waals surface area contributed by atoms with Gasteiger partial charge < -0.3 is 11.1 Å². The zero-order valence-corrected chi connectivity index (χ0v) is 8.49. The van der Waals surface area contributed by atoms with E-state index < -0.39 is 5.91 Å². The molecule has 3 N–H and O–H groups in total. The Bertz CT molecular complexity index is 377. The molecule has 1 aromatic heterocycles. The Labute approximate surface area is 87.7 Å². The average molecular weight is 207 g/mol. The standard InChI is InChI=1S/C10H13N3O2/c1-2-3-9(14)13-8-6-12-5-4-7(8)10(11)15/h4-6H,2-3H2,1H3,(H2,11,15)(H,13,14). The molecular formula is C10H13N3O2. The van der Waals surface area contributed by atoms with Crippen molar-refractivity contribution in [3.63, 3.8) is 0 Å². The quantitative estimate of drug-likeness (QED) is 0.769. The second-order valence-electron chi connectivity index (χ2n) is 3.08. The van der Waals surface area contributed by atoms with Crippen LogP contribution in [0.15, 0.2) is 18.5 Å². The van der Waals surface area contributed by atoms with E-state index in [4.69, 9.17) is 5.73 Å². The molecule has 2 amide bonds. The first-order valence-electron chi connectivity index (χ1n) is 4.68. The number of aromatic nitrogens is 1. The Morgan fingerprint density at radius 1 is 1.53 bits per heavy atom. The van der Waals surface area contributed by atoms with Crippen LogP contribution in [-0.2, 0) is 4.79 Å². The highest BCUT2D eigenvalue weighted by molar-refractivity contribution is 6.02. The minimum absolute atomic E-state index is 0.145. The summed E-state index contributed by atoms with van der Waals surface area (Å²) < 4.78 is 0. The first-order chi connectivity index (χ1) is 7.15. The summed E-state index contributed by atoms with van der Waals surface area (Å²) in [5, 5.41) is 2.59. The van der Waals surface area contributed by atoms with Gasteiger partial charge in [0.15, 0.2) is 0 Å². The molecule has 0 spiro atoms. The molecule has 0 saturated carbocycles. The minimum atomic E-state index is -0.579. The topological polar surface area (TPSA) is 85.1 Å². The molecule has 0 aliphatic heterocycles. The van der Waals surface area contributed by atoms with Gasteiger partial charge in [-0.25, -0.2) is 0 Å². The van der Waals surface area contributed by atoms with Crippen LogP contribution in [0.3, 0.4) is 0 Å². The summed E-state index contributed by atoms with van der Waals surface area (Å²) in [6, 6.07) is 1.48. The molecule has 0 fully saturated rings. The van der Waals surface area contributed by atoms with Crippen LogP contribution in [0.4, 0.5) is 5.69 Å². The van der Waals surface area contributed by atoms with Crippen molar-refractivity contribution in [3.8, 4) is 0 Å². The number of amides is 2. The zero-order valence-electron chi connectivity index (χ0n) is 8.49. The van der Waals surface area contributed by atoms with E-state index in [2.05, 4.69) is 10.3 Å². The number of anilines is 1. The number of nitrogens with two attached hydrogens (primary N) is 1. The maximum absolute atomic E-state index is 11.3. The van der Waals surface area contributed by atoms with Gasteiger partial charge in [0, 0.05) is 12.6 Å². The lowest BCUT2D eigenvalue weighted by Gasteiger charge is -2.06.